The number of hydrogen-bond donors (Lipinski definition) is 3. The van der Waals surface area contributed by atoms with Gasteiger partial charge in [-0.2, -0.15) is 5.10 Å². The zero-order chi connectivity index (χ0) is 16.7. The number of rotatable bonds is 6. The molecule has 0 atom stereocenters. The molecule has 1 amide bonds. The minimum absolute atomic E-state index is 0.111. The minimum Gasteiger partial charge on any atom is -0.478 e. The van der Waals surface area contributed by atoms with Gasteiger partial charge in [0, 0.05) is 5.69 Å². The van der Waals surface area contributed by atoms with E-state index in [1.807, 2.05) is 31.2 Å². The van der Waals surface area contributed by atoms with E-state index in [0.29, 0.717) is 5.56 Å². The van der Waals surface area contributed by atoms with Gasteiger partial charge in [0.25, 0.3) is 5.91 Å². The summed E-state index contributed by atoms with van der Waals surface area (Å²) in [5.41, 5.74) is 5.27. The fraction of sp³-hybridized carbons (Fsp3) is 0.118. The molecule has 0 unspecified atom stereocenters. The van der Waals surface area contributed by atoms with E-state index in [-0.39, 0.29) is 18.0 Å². The van der Waals surface area contributed by atoms with Gasteiger partial charge in [-0.3, -0.25) is 4.79 Å². The van der Waals surface area contributed by atoms with Crippen LogP contribution in [0.5, 0.6) is 0 Å². The van der Waals surface area contributed by atoms with Crippen LogP contribution in [0.15, 0.2) is 53.6 Å². The van der Waals surface area contributed by atoms with Crippen LogP contribution in [0.4, 0.5) is 5.69 Å². The first kappa shape index (κ1) is 16.2. The number of carboxylic acids is 1. The van der Waals surface area contributed by atoms with Crippen LogP contribution < -0.4 is 10.7 Å². The summed E-state index contributed by atoms with van der Waals surface area (Å²) in [5.74, 6) is -1.25. The molecule has 0 aromatic heterocycles. The summed E-state index contributed by atoms with van der Waals surface area (Å²) in [6.45, 7) is 2.07. The van der Waals surface area contributed by atoms with Crippen molar-refractivity contribution >= 4 is 23.8 Å². The van der Waals surface area contributed by atoms with Crippen LogP contribution in [0.3, 0.4) is 0 Å². The Labute approximate surface area is 133 Å². The lowest BCUT2D eigenvalue weighted by atomic mass is 10.1. The molecule has 0 saturated heterocycles. The highest BCUT2D eigenvalue weighted by atomic mass is 16.4. The molecule has 6 heteroatoms. The summed E-state index contributed by atoms with van der Waals surface area (Å²) in [6, 6.07) is 13.9. The molecule has 0 bridgehead atoms. The smallest absolute Gasteiger partial charge is 0.335 e. The second kappa shape index (κ2) is 7.74. The van der Waals surface area contributed by atoms with Crippen LogP contribution in [0.25, 0.3) is 0 Å². The monoisotopic (exact) mass is 311 g/mol. The van der Waals surface area contributed by atoms with Crippen molar-refractivity contribution in [3.05, 3.63) is 65.2 Å². The van der Waals surface area contributed by atoms with Gasteiger partial charge in [-0.05, 0) is 36.2 Å². The van der Waals surface area contributed by atoms with Crippen molar-refractivity contribution in [3.63, 3.8) is 0 Å². The number of nitrogens with one attached hydrogen (secondary N) is 2. The maximum atomic E-state index is 11.7. The molecular formula is C17H17N3O3. The van der Waals surface area contributed by atoms with Crippen molar-refractivity contribution in [3.8, 4) is 0 Å². The quantitative estimate of drug-likeness (QED) is 0.564. The zero-order valence-electron chi connectivity index (χ0n) is 12.6. The Morgan fingerprint density at radius 2 is 1.83 bits per heavy atom. The maximum absolute atomic E-state index is 11.7. The highest BCUT2D eigenvalue weighted by molar-refractivity contribution is 5.89. The lowest BCUT2D eigenvalue weighted by Gasteiger charge is -2.07. The van der Waals surface area contributed by atoms with Crippen molar-refractivity contribution in [2.45, 2.75) is 6.92 Å². The van der Waals surface area contributed by atoms with E-state index in [0.717, 1.165) is 11.3 Å². The van der Waals surface area contributed by atoms with Gasteiger partial charge in [0.15, 0.2) is 0 Å². The predicted molar refractivity (Wildman–Crippen MR) is 88.8 cm³/mol. The summed E-state index contributed by atoms with van der Waals surface area (Å²) >= 11 is 0. The van der Waals surface area contributed by atoms with Crippen LogP contribution in [-0.2, 0) is 4.79 Å². The maximum Gasteiger partial charge on any atom is 0.335 e. The molecule has 0 aliphatic heterocycles. The van der Waals surface area contributed by atoms with Gasteiger partial charge in [0.05, 0.1) is 18.3 Å². The molecule has 2 aromatic rings. The molecule has 0 aliphatic rings. The summed E-state index contributed by atoms with van der Waals surface area (Å²) in [7, 11) is 0. The first-order chi connectivity index (χ1) is 11.1. The van der Waals surface area contributed by atoms with E-state index in [4.69, 9.17) is 5.11 Å². The number of carboxylic acid groups (broad SMARTS) is 1. The highest BCUT2D eigenvalue weighted by Gasteiger charge is 2.02. The summed E-state index contributed by atoms with van der Waals surface area (Å²) < 4.78 is 0. The number of carbonyl (C=O) groups excluding carboxylic acids is 1. The number of aromatic carboxylic acids is 1. The Hall–Kier alpha value is -3.15. The number of nitrogens with zero attached hydrogens (tertiary/aromatic N) is 1. The zero-order valence-corrected chi connectivity index (χ0v) is 12.6. The third-order valence-corrected chi connectivity index (χ3v) is 3.14. The first-order valence-corrected chi connectivity index (χ1v) is 7.01. The largest absolute Gasteiger partial charge is 0.478 e. The van der Waals surface area contributed by atoms with Crippen molar-refractivity contribution in [2.24, 2.45) is 5.10 Å². The molecule has 3 N–H and O–H groups in total. The van der Waals surface area contributed by atoms with Crippen molar-refractivity contribution in [1.29, 1.82) is 0 Å². The average Bonchev–Trinajstić information content (AvgIpc) is 2.54. The summed E-state index contributed by atoms with van der Waals surface area (Å²) in [5, 5.41) is 15.7. The van der Waals surface area contributed by atoms with E-state index >= 15 is 0 Å². The lowest BCUT2D eigenvalue weighted by molar-refractivity contribution is -0.119. The Bertz CT molecular complexity index is 724. The van der Waals surface area contributed by atoms with Crippen LogP contribution in [0.2, 0.25) is 0 Å². The minimum atomic E-state index is -0.982. The van der Waals surface area contributed by atoms with E-state index in [9.17, 15) is 9.59 Å². The van der Waals surface area contributed by atoms with Crippen LogP contribution in [0, 0.1) is 6.92 Å². The Morgan fingerprint density at radius 3 is 2.48 bits per heavy atom. The SMILES string of the molecule is Cc1ccccc1NCC(=O)N/N=C/c1ccc(C(=O)O)cc1. The second-order valence-corrected chi connectivity index (χ2v) is 4.89. The summed E-state index contributed by atoms with van der Waals surface area (Å²) in [4.78, 5) is 22.4. The van der Waals surface area contributed by atoms with Crippen LogP contribution in [0.1, 0.15) is 21.5 Å². The standard InChI is InChI=1S/C17H17N3O3/c1-12-4-2-3-5-15(12)18-11-16(21)20-19-10-13-6-8-14(9-7-13)17(22)23/h2-10,18H,11H2,1H3,(H,20,21)(H,22,23)/b19-10+. The van der Waals surface area contributed by atoms with Gasteiger partial charge >= 0.3 is 5.97 Å². The third kappa shape index (κ3) is 4.96. The second-order valence-electron chi connectivity index (χ2n) is 4.89. The molecule has 0 spiro atoms. The number of para-hydroxylation sites is 1. The predicted octanol–water partition coefficient (Wildman–Crippen LogP) is 2.26. The molecule has 0 saturated carbocycles. The van der Waals surface area contributed by atoms with Crippen LogP contribution in [-0.4, -0.2) is 29.7 Å². The van der Waals surface area contributed by atoms with Gasteiger partial charge < -0.3 is 10.4 Å². The Morgan fingerprint density at radius 1 is 1.13 bits per heavy atom. The molecule has 2 rings (SSSR count). The van der Waals surface area contributed by atoms with E-state index in [2.05, 4.69) is 15.8 Å². The van der Waals surface area contributed by atoms with Crippen molar-refractivity contribution < 1.29 is 14.7 Å². The molecule has 0 aliphatic carbocycles. The van der Waals surface area contributed by atoms with E-state index in [1.54, 1.807) is 12.1 Å². The number of aryl methyl sites for hydroxylation is 1. The number of benzene rings is 2. The first-order valence-electron chi connectivity index (χ1n) is 7.01. The third-order valence-electron chi connectivity index (χ3n) is 3.14. The number of carbonyl (C=O) groups is 2. The molecule has 6 nitrogen and oxygen atoms in total. The fourth-order valence-corrected chi connectivity index (χ4v) is 1.88. The van der Waals surface area contributed by atoms with Crippen molar-refractivity contribution in [2.75, 3.05) is 11.9 Å². The normalized spacial score (nSPS) is 10.5. The van der Waals surface area contributed by atoms with E-state index < -0.39 is 5.97 Å². The topological polar surface area (TPSA) is 90.8 Å². The molecule has 0 radical (unpaired) electrons. The molecule has 0 heterocycles. The summed E-state index contributed by atoms with van der Waals surface area (Å²) in [6.07, 6.45) is 1.46. The molecule has 23 heavy (non-hydrogen) atoms. The number of anilines is 1. The number of amides is 1. The number of hydrazone groups is 1. The van der Waals surface area contributed by atoms with Crippen molar-refractivity contribution in [1.82, 2.24) is 5.43 Å². The van der Waals surface area contributed by atoms with Gasteiger partial charge in [-0.25, -0.2) is 10.2 Å². The molecular weight excluding hydrogens is 294 g/mol. The number of hydrogen-bond acceptors (Lipinski definition) is 4. The Balaban J connectivity index is 1.82. The van der Waals surface area contributed by atoms with Gasteiger partial charge in [0.1, 0.15) is 0 Å². The lowest BCUT2D eigenvalue weighted by Crippen LogP contribution is -2.26. The van der Waals surface area contributed by atoms with E-state index in [1.165, 1.54) is 18.3 Å². The van der Waals surface area contributed by atoms with Gasteiger partial charge in [-0.15, -0.1) is 0 Å². The highest BCUT2D eigenvalue weighted by Crippen LogP contribution is 2.12. The molecule has 118 valence electrons. The van der Waals surface area contributed by atoms with Gasteiger partial charge in [-0.1, -0.05) is 30.3 Å². The fourth-order valence-electron chi connectivity index (χ4n) is 1.88. The van der Waals surface area contributed by atoms with Gasteiger partial charge in [0.2, 0.25) is 0 Å². The average molecular weight is 311 g/mol. The van der Waals surface area contributed by atoms with Crippen LogP contribution >= 0.6 is 0 Å². The Kier molecular flexibility index (Phi) is 5.46. The molecule has 0 fully saturated rings. The molecule has 2 aromatic carbocycles.